The summed E-state index contributed by atoms with van der Waals surface area (Å²) in [4.78, 5) is 16.3. The summed E-state index contributed by atoms with van der Waals surface area (Å²) < 4.78 is 0. The van der Waals surface area contributed by atoms with Crippen molar-refractivity contribution in [3.63, 3.8) is 0 Å². The van der Waals surface area contributed by atoms with E-state index in [1.807, 2.05) is 0 Å². The highest BCUT2D eigenvalue weighted by Crippen LogP contribution is 2.30. The largest absolute Gasteiger partial charge is 0.480 e. The van der Waals surface area contributed by atoms with E-state index in [-0.39, 0.29) is 0 Å². The van der Waals surface area contributed by atoms with Crippen molar-refractivity contribution in [2.24, 2.45) is 0 Å². The molecule has 2 heterocycles. The van der Waals surface area contributed by atoms with Crippen LogP contribution in [-0.2, 0) is 4.79 Å². The fourth-order valence-corrected chi connectivity index (χ4v) is 3.17. The highest BCUT2D eigenvalue weighted by molar-refractivity contribution is 5.79. The number of aliphatic carboxylic acids is 1. The zero-order valence-corrected chi connectivity index (χ0v) is 11.5. The third kappa shape index (κ3) is 2.53. The van der Waals surface area contributed by atoms with Crippen molar-refractivity contribution in [2.45, 2.75) is 38.3 Å². The van der Waals surface area contributed by atoms with Crippen LogP contribution in [0.5, 0.6) is 0 Å². The van der Waals surface area contributed by atoms with E-state index in [2.05, 4.69) is 29.0 Å². The second kappa shape index (κ2) is 5.55. The zero-order chi connectivity index (χ0) is 13.2. The second-order valence-corrected chi connectivity index (χ2v) is 5.70. The minimum Gasteiger partial charge on any atom is -0.480 e. The van der Waals surface area contributed by atoms with Gasteiger partial charge in [0.1, 0.15) is 5.54 Å². The molecular formula is C13H25N3O2. The van der Waals surface area contributed by atoms with Crippen LogP contribution < -0.4 is 5.32 Å². The molecule has 2 fully saturated rings. The Morgan fingerprint density at radius 3 is 2.17 bits per heavy atom. The van der Waals surface area contributed by atoms with Gasteiger partial charge in [-0.05, 0) is 26.7 Å². The molecule has 0 aromatic rings. The van der Waals surface area contributed by atoms with Crippen LogP contribution in [0.2, 0.25) is 0 Å². The minimum absolute atomic E-state index is 0.514. The maximum Gasteiger partial charge on any atom is 0.324 e. The number of nitrogens with zero attached hydrogens (tertiary/aromatic N) is 2. The van der Waals surface area contributed by atoms with E-state index in [9.17, 15) is 9.90 Å². The van der Waals surface area contributed by atoms with Crippen molar-refractivity contribution in [1.82, 2.24) is 15.1 Å². The summed E-state index contributed by atoms with van der Waals surface area (Å²) in [5.74, 6) is -0.632. The van der Waals surface area contributed by atoms with Gasteiger partial charge in [-0.15, -0.1) is 0 Å². The average Bonchev–Trinajstić information content (AvgIpc) is 2.39. The molecule has 0 aromatic heterocycles. The first-order valence-electron chi connectivity index (χ1n) is 6.99. The molecule has 18 heavy (non-hydrogen) atoms. The highest BCUT2D eigenvalue weighted by Gasteiger charge is 2.46. The maximum atomic E-state index is 11.8. The van der Waals surface area contributed by atoms with E-state index >= 15 is 0 Å². The normalized spacial score (nSPS) is 26.4. The smallest absolute Gasteiger partial charge is 0.324 e. The Balaban J connectivity index is 2.07. The van der Waals surface area contributed by atoms with Gasteiger partial charge in [-0.1, -0.05) is 0 Å². The first-order chi connectivity index (χ1) is 8.56. The van der Waals surface area contributed by atoms with Gasteiger partial charge in [-0.3, -0.25) is 9.69 Å². The molecule has 0 atom stereocenters. The van der Waals surface area contributed by atoms with Gasteiger partial charge in [-0.25, -0.2) is 0 Å². The Morgan fingerprint density at radius 1 is 1.17 bits per heavy atom. The molecule has 0 saturated carbocycles. The summed E-state index contributed by atoms with van der Waals surface area (Å²) >= 11 is 0. The van der Waals surface area contributed by atoms with Gasteiger partial charge >= 0.3 is 5.97 Å². The van der Waals surface area contributed by atoms with E-state index in [0.29, 0.717) is 6.04 Å². The standard InChI is InChI=1S/C13H25N3O2/c1-11(2)15-7-3-13(4-8-15,12(17)18)16-9-5-14-6-10-16/h11,14H,3-10H2,1-2H3,(H,17,18). The number of carboxylic acid groups (broad SMARTS) is 1. The molecular weight excluding hydrogens is 230 g/mol. The van der Waals surface area contributed by atoms with Crippen LogP contribution in [0.25, 0.3) is 0 Å². The lowest BCUT2D eigenvalue weighted by Gasteiger charge is -2.48. The second-order valence-electron chi connectivity index (χ2n) is 5.70. The van der Waals surface area contributed by atoms with Crippen molar-refractivity contribution in [3.8, 4) is 0 Å². The molecule has 104 valence electrons. The summed E-state index contributed by atoms with van der Waals surface area (Å²) in [5.41, 5.74) is -0.618. The summed E-state index contributed by atoms with van der Waals surface area (Å²) in [6, 6.07) is 0.514. The first-order valence-corrected chi connectivity index (χ1v) is 6.99. The van der Waals surface area contributed by atoms with Gasteiger partial charge in [0.05, 0.1) is 0 Å². The Hall–Kier alpha value is -0.650. The third-order valence-electron chi connectivity index (χ3n) is 4.48. The van der Waals surface area contributed by atoms with E-state index in [1.54, 1.807) is 0 Å². The predicted molar refractivity (Wildman–Crippen MR) is 70.8 cm³/mol. The number of nitrogens with one attached hydrogen (secondary N) is 1. The molecule has 0 unspecified atom stereocenters. The molecule has 0 radical (unpaired) electrons. The lowest BCUT2D eigenvalue weighted by Crippen LogP contribution is -2.64. The van der Waals surface area contributed by atoms with Crippen molar-refractivity contribution >= 4 is 5.97 Å². The van der Waals surface area contributed by atoms with E-state index in [0.717, 1.165) is 52.1 Å². The lowest BCUT2D eigenvalue weighted by atomic mass is 9.84. The molecule has 2 saturated heterocycles. The SMILES string of the molecule is CC(C)N1CCC(C(=O)O)(N2CCNCC2)CC1. The number of likely N-dealkylation sites (tertiary alicyclic amines) is 1. The number of rotatable bonds is 3. The number of piperidine rings is 1. The molecule has 5 nitrogen and oxygen atoms in total. The van der Waals surface area contributed by atoms with Gasteiger partial charge in [-0.2, -0.15) is 0 Å². The number of carboxylic acids is 1. The predicted octanol–water partition coefficient (Wildman–Crippen LogP) is 0.219. The molecule has 2 N–H and O–H groups in total. The van der Waals surface area contributed by atoms with Gasteiger partial charge < -0.3 is 15.3 Å². The van der Waals surface area contributed by atoms with Crippen molar-refractivity contribution < 1.29 is 9.90 Å². The first kappa shape index (κ1) is 13.8. The number of carbonyl (C=O) groups is 1. The fraction of sp³-hybridized carbons (Fsp3) is 0.923. The number of hydrogen-bond donors (Lipinski definition) is 2. The van der Waals surface area contributed by atoms with Crippen molar-refractivity contribution in [3.05, 3.63) is 0 Å². The number of piperazine rings is 1. The highest BCUT2D eigenvalue weighted by atomic mass is 16.4. The molecule has 5 heteroatoms. The molecule has 0 bridgehead atoms. The summed E-state index contributed by atoms with van der Waals surface area (Å²) in [6.07, 6.45) is 1.50. The fourth-order valence-electron chi connectivity index (χ4n) is 3.17. The molecule has 0 spiro atoms. The maximum absolute atomic E-state index is 11.8. The van der Waals surface area contributed by atoms with E-state index in [1.165, 1.54) is 0 Å². The van der Waals surface area contributed by atoms with Crippen molar-refractivity contribution in [2.75, 3.05) is 39.3 Å². The average molecular weight is 255 g/mol. The lowest BCUT2D eigenvalue weighted by molar-refractivity contribution is -0.156. The minimum atomic E-state index is -0.632. The molecule has 0 amide bonds. The summed E-state index contributed by atoms with van der Waals surface area (Å²) in [7, 11) is 0. The van der Waals surface area contributed by atoms with Gasteiger partial charge in [0.15, 0.2) is 0 Å². The van der Waals surface area contributed by atoms with Gasteiger partial charge in [0.2, 0.25) is 0 Å². The van der Waals surface area contributed by atoms with Gasteiger partial charge in [0.25, 0.3) is 0 Å². The van der Waals surface area contributed by atoms with Gasteiger partial charge in [0, 0.05) is 45.3 Å². The number of hydrogen-bond acceptors (Lipinski definition) is 4. The zero-order valence-electron chi connectivity index (χ0n) is 11.5. The third-order valence-corrected chi connectivity index (χ3v) is 4.48. The van der Waals surface area contributed by atoms with E-state index < -0.39 is 11.5 Å². The van der Waals surface area contributed by atoms with Crippen LogP contribution in [0, 0.1) is 0 Å². The summed E-state index contributed by atoms with van der Waals surface area (Å²) in [6.45, 7) is 9.67. The molecule has 2 aliphatic rings. The molecule has 0 aromatic carbocycles. The monoisotopic (exact) mass is 255 g/mol. The topological polar surface area (TPSA) is 55.8 Å². The van der Waals surface area contributed by atoms with Crippen molar-refractivity contribution in [1.29, 1.82) is 0 Å². The Bertz CT molecular complexity index is 293. The van der Waals surface area contributed by atoms with Crippen LogP contribution >= 0.6 is 0 Å². The van der Waals surface area contributed by atoms with E-state index in [4.69, 9.17) is 0 Å². The van der Waals surface area contributed by atoms with Crippen LogP contribution in [-0.4, -0.2) is 71.7 Å². The van der Waals surface area contributed by atoms with Crippen LogP contribution in [0.4, 0.5) is 0 Å². The Morgan fingerprint density at radius 2 is 1.72 bits per heavy atom. The van der Waals surface area contributed by atoms with Crippen LogP contribution in [0.3, 0.4) is 0 Å². The van der Waals surface area contributed by atoms with Crippen LogP contribution in [0.1, 0.15) is 26.7 Å². The molecule has 2 rings (SSSR count). The quantitative estimate of drug-likeness (QED) is 0.755. The summed E-state index contributed by atoms with van der Waals surface area (Å²) in [5, 5.41) is 13.0. The van der Waals surface area contributed by atoms with Crippen LogP contribution in [0.15, 0.2) is 0 Å². The Kier molecular flexibility index (Phi) is 4.25. The molecule has 2 aliphatic heterocycles. The molecule has 0 aliphatic carbocycles. The Labute approximate surface area is 109 Å².